The number of halogens is 1. The van der Waals surface area contributed by atoms with Crippen molar-refractivity contribution >= 4 is 22.6 Å². The van der Waals surface area contributed by atoms with Gasteiger partial charge >= 0.3 is 0 Å². The summed E-state index contributed by atoms with van der Waals surface area (Å²) in [5, 5.41) is 0. The molecule has 2 aromatic rings. The predicted octanol–water partition coefficient (Wildman–Crippen LogP) is 4.12. The summed E-state index contributed by atoms with van der Waals surface area (Å²) in [4.78, 5) is 4.82. The fourth-order valence-corrected chi connectivity index (χ4v) is 3.33. The summed E-state index contributed by atoms with van der Waals surface area (Å²) < 4.78 is 8.12. The number of aryl methyl sites for hydroxylation is 1. The molecule has 3 nitrogen and oxygen atoms in total. The van der Waals surface area contributed by atoms with Crippen molar-refractivity contribution in [2.24, 2.45) is 0 Å². The second-order valence-corrected chi connectivity index (χ2v) is 6.09. The van der Waals surface area contributed by atoms with Gasteiger partial charge in [0.25, 0.3) is 0 Å². The molecule has 0 radical (unpaired) electrons. The van der Waals surface area contributed by atoms with E-state index < -0.39 is 0 Å². The molecule has 0 aliphatic heterocycles. The monoisotopic (exact) mass is 292 g/mol. The van der Waals surface area contributed by atoms with Crippen molar-refractivity contribution in [1.29, 1.82) is 0 Å². The van der Waals surface area contributed by atoms with E-state index in [2.05, 4.69) is 23.6 Å². The number of benzene rings is 1. The van der Waals surface area contributed by atoms with Crippen molar-refractivity contribution in [2.75, 3.05) is 12.5 Å². The molecule has 0 amide bonds. The quantitative estimate of drug-likeness (QED) is 0.775. The normalized spacial score (nSPS) is 17.1. The lowest BCUT2D eigenvalue weighted by Gasteiger charge is -2.41. The number of hydrogen-bond acceptors (Lipinski definition) is 2. The molecule has 3 rings (SSSR count). The van der Waals surface area contributed by atoms with Crippen LogP contribution in [0.1, 0.15) is 38.9 Å². The zero-order valence-corrected chi connectivity index (χ0v) is 12.9. The summed E-state index contributed by atoms with van der Waals surface area (Å²) in [6.45, 7) is 4.99. The number of imidazole rings is 1. The summed E-state index contributed by atoms with van der Waals surface area (Å²) in [6.07, 6.45) is 4.53. The van der Waals surface area contributed by atoms with Gasteiger partial charge in [0.1, 0.15) is 17.1 Å². The van der Waals surface area contributed by atoms with Crippen LogP contribution in [0, 0.1) is 0 Å². The molecule has 1 aromatic heterocycles. The summed E-state index contributed by atoms with van der Waals surface area (Å²) in [7, 11) is 0. The summed E-state index contributed by atoms with van der Waals surface area (Å²) >= 11 is 5.96. The van der Waals surface area contributed by atoms with Gasteiger partial charge in [-0.1, -0.05) is 6.07 Å². The number of ether oxygens (including phenoxy) is 1. The van der Waals surface area contributed by atoms with E-state index in [4.69, 9.17) is 21.3 Å². The van der Waals surface area contributed by atoms with E-state index >= 15 is 0 Å². The largest absolute Gasteiger partial charge is 0.492 e. The van der Waals surface area contributed by atoms with E-state index in [1.54, 1.807) is 0 Å². The second kappa shape index (κ2) is 5.28. The molecule has 1 aliphatic rings. The molecule has 1 heterocycles. The number of fused-ring (bicyclic) bond motifs is 1. The number of para-hydroxylation sites is 1. The van der Waals surface area contributed by atoms with E-state index in [9.17, 15) is 0 Å². The molecule has 0 spiro atoms. The van der Waals surface area contributed by atoms with Crippen LogP contribution in [-0.2, 0) is 12.0 Å². The highest BCUT2D eigenvalue weighted by atomic mass is 35.5. The van der Waals surface area contributed by atoms with Gasteiger partial charge in [0.05, 0.1) is 12.1 Å². The summed E-state index contributed by atoms with van der Waals surface area (Å²) in [5.41, 5.74) is 2.35. The van der Waals surface area contributed by atoms with Crippen LogP contribution in [0.25, 0.3) is 11.0 Å². The minimum absolute atomic E-state index is 0.195. The minimum atomic E-state index is 0.195. The molecule has 1 aromatic carbocycles. The molecular weight excluding hydrogens is 272 g/mol. The Kier molecular flexibility index (Phi) is 3.63. The molecule has 1 aliphatic carbocycles. The molecule has 1 saturated carbocycles. The molecular formula is C16H21ClN2O. The molecule has 108 valence electrons. The lowest BCUT2D eigenvalue weighted by molar-refractivity contribution is 0.170. The number of alkyl halides is 1. The van der Waals surface area contributed by atoms with Crippen molar-refractivity contribution in [3.8, 4) is 5.75 Å². The van der Waals surface area contributed by atoms with Crippen molar-refractivity contribution in [2.45, 2.75) is 45.1 Å². The molecule has 0 N–H and O–H groups in total. The van der Waals surface area contributed by atoms with Crippen molar-refractivity contribution in [3.63, 3.8) is 0 Å². The Morgan fingerprint density at radius 1 is 1.40 bits per heavy atom. The molecule has 0 bridgehead atoms. The third-order valence-electron chi connectivity index (χ3n) is 4.31. The Balaban J connectivity index is 2.19. The second-order valence-electron chi connectivity index (χ2n) is 5.71. The van der Waals surface area contributed by atoms with E-state index in [0.29, 0.717) is 12.5 Å². The molecule has 0 saturated heterocycles. The highest BCUT2D eigenvalue weighted by molar-refractivity contribution is 6.17. The number of hydrogen-bond donors (Lipinski definition) is 0. The minimum Gasteiger partial charge on any atom is -0.492 e. The van der Waals surface area contributed by atoms with Gasteiger partial charge in [-0.2, -0.15) is 0 Å². The third kappa shape index (κ3) is 2.08. The average Bonchev–Trinajstić information content (AvgIpc) is 2.76. The zero-order valence-electron chi connectivity index (χ0n) is 12.2. The Morgan fingerprint density at radius 3 is 2.80 bits per heavy atom. The van der Waals surface area contributed by atoms with E-state index in [1.807, 2.05) is 13.0 Å². The number of rotatable bonds is 5. The summed E-state index contributed by atoms with van der Waals surface area (Å²) in [5.74, 6) is 2.57. The van der Waals surface area contributed by atoms with Gasteiger partial charge in [-0.05, 0) is 45.2 Å². The molecule has 20 heavy (non-hydrogen) atoms. The van der Waals surface area contributed by atoms with Crippen molar-refractivity contribution < 1.29 is 4.74 Å². The van der Waals surface area contributed by atoms with Gasteiger partial charge in [-0.15, -0.1) is 11.6 Å². The van der Waals surface area contributed by atoms with Crippen LogP contribution in [-0.4, -0.2) is 22.0 Å². The highest BCUT2D eigenvalue weighted by Gasteiger charge is 2.36. The fraction of sp³-hybridized carbons (Fsp3) is 0.562. The Hall–Kier alpha value is -1.22. The van der Waals surface area contributed by atoms with Crippen LogP contribution >= 0.6 is 11.6 Å². The van der Waals surface area contributed by atoms with E-state index in [1.165, 1.54) is 24.8 Å². The first-order valence-electron chi connectivity index (χ1n) is 7.39. The number of nitrogens with zero attached hydrogens (tertiary/aromatic N) is 2. The lowest BCUT2D eigenvalue weighted by atomic mass is 9.78. The molecule has 0 atom stereocenters. The predicted molar refractivity (Wildman–Crippen MR) is 82.8 cm³/mol. The summed E-state index contributed by atoms with van der Waals surface area (Å²) in [6, 6.07) is 6.20. The fourth-order valence-electron chi connectivity index (χ4n) is 3.16. The van der Waals surface area contributed by atoms with Crippen LogP contribution in [0.3, 0.4) is 0 Å². The average molecular weight is 293 g/mol. The SMILES string of the molecule is CCOc1cccc2c1nc(CCCl)n2C1(C)CCC1. The van der Waals surface area contributed by atoms with Crippen LogP contribution in [0.4, 0.5) is 0 Å². The van der Waals surface area contributed by atoms with Crippen LogP contribution in [0.2, 0.25) is 0 Å². The van der Waals surface area contributed by atoms with Gasteiger partial charge in [0.2, 0.25) is 0 Å². The Labute approximate surface area is 124 Å². The molecule has 4 heteroatoms. The lowest BCUT2D eigenvalue weighted by Crippen LogP contribution is -2.38. The van der Waals surface area contributed by atoms with Crippen molar-refractivity contribution in [1.82, 2.24) is 9.55 Å². The maximum absolute atomic E-state index is 5.96. The van der Waals surface area contributed by atoms with E-state index in [0.717, 1.165) is 23.5 Å². The van der Waals surface area contributed by atoms with Crippen LogP contribution < -0.4 is 4.74 Å². The topological polar surface area (TPSA) is 27.1 Å². The van der Waals surface area contributed by atoms with Crippen LogP contribution in [0.15, 0.2) is 18.2 Å². The Morgan fingerprint density at radius 2 is 2.20 bits per heavy atom. The van der Waals surface area contributed by atoms with E-state index in [-0.39, 0.29) is 5.54 Å². The molecule has 0 unspecified atom stereocenters. The van der Waals surface area contributed by atoms with Gasteiger partial charge < -0.3 is 9.30 Å². The molecule has 1 fully saturated rings. The van der Waals surface area contributed by atoms with Crippen molar-refractivity contribution in [3.05, 3.63) is 24.0 Å². The maximum atomic E-state index is 5.96. The van der Waals surface area contributed by atoms with Gasteiger partial charge in [-0.25, -0.2) is 4.98 Å². The smallest absolute Gasteiger partial charge is 0.147 e. The first kappa shape index (κ1) is 13.7. The Bertz CT molecular complexity index is 616. The highest BCUT2D eigenvalue weighted by Crippen LogP contribution is 2.42. The maximum Gasteiger partial charge on any atom is 0.147 e. The van der Waals surface area contributed by atoms with Gasteiger partial charge in [0.15, 0.2) is 0 Å². The third-order valence-corrected chi connectivity index (χ3v) is 4.50. The number of aromatic nitrogens is 2. The zero-order chi connectivity index (χ0) is 14.2. The van der Waals surface area contributed by atoms with Crippen LogP contribution in [0.5, 0.6) is 5.75 Å². The first-order chi connectivity index (χ1) is 9.69. The standard InChI is InChI=1S/C16H21ClN2O/c1-3-20-13-7-4-6-12-15(13)18-14(8-11-17)19(12)16(2)9-5-10-16/h4,6-7H,3,5,8-11H2,1-2H3. The van der Waals surface area contributed by atoms with Gasteiger partial charge in [0, 0.05) is 17.8 Å². The first-order valence-corrected chi connectivity index (χ1v) is 7.92. The van der Waals surface area contributed by atoms with Gasteiger partial charge in [-0.3, -0.25) is 0 Å².